The number of hydrogen-bond donors (Lipinski definition) is 3. The number of thiazole rings is 2. The van der Waals surface area contributed by atoms with Gasteiger partial charge in [-0.15, -0.1) is 22.7 Å². The van der Waals surface area contributed by atoms with Crippen molar-refractivity contribution in [1.82, 2.24) is 19.4 Å². The lowest BCUT2D eigenvalue weighted by Crippen LogP contribution is -2.38. The fourth-order valence-electron chi connectivity index (χ4n) is 9.01. The molecule has 3 heterocycles. The Labute approximate surface area is 371 Å². The SMILES string of the molecule is COCC1CCCN1S(=O)(=O)c1ccc(Nc2nc3c(s2)CCCc2ccc(F)cc2-3)cc1.COP(C)(=O)NC1CCC(CNc2nc3c(s2)CCCc2ccc(F)cc2-3)CC1. The molecular formula is C45H55F2N6O5PS3. The third-order valence-electron chi connectivity index (χ3n) is 12.3. The molecule has 9 rings (SSSR count). The highest BCUT2D eigenvalue weighted by molar-refractivity contribution is 7.89. The van der Waals surface area contributed by atoms with E-state index in [1.165, 1.54) is 23.6 Å². The number of methoxy groups -OCH3 is 1. The number of nitrogens with one attached hydrogen (secondary N) is 3. The lowest BCUT2D eigenvalue weighted by Gasteiger charge is -2.30. The van der Waals surface area contributed by atoms with Crippen LogP contribution >= 0.6 is 30.2 Å². The summed E-state index contributed by atoms with van der Waals surface area (Å²) < 4.78 is 77.8. The average molecular weight is 925 g/mol. The predicted octanol–water partition coefficient (Wildman–Crippen LogP) is 10.4. The van der Waals surface area contributed by atoms with E-state index in [-0.39, 0.29) is 28.6 Å². The van der Waals surface area contributed by atoms with E-state index >= 15 is 0 Å². The highest BCUT2D eigenvalue weighted by Gasteiger charge is 2.35. The van der Waals surface area contributed by atoms with Crippen LogP contribution in [0.2, 0.25) is 0 Å². The minimum atomic E-state index is -3.57. The summed E-state index contributed by atoms with van der Waals surface area (Å²) in [5, 5.41) is 11.6. The molecule has 0 bridgehead atoms. The molecule has 62 heavy (non-hydrogen) atoms. The standard InChI is InChI=1S/C24H26FN3O3S2.C21H29FN3O2PS/c1-31-15-19-5-3-13-28(19)33(29,30)20-11-9-18(10-12-20)26-24-27-23-21-14-17(25)8-7-16(21)4-2-6-22(23)32-24;1-27-28(2,26)25-17-10-6-14(7-11-17)13-23-21-24-20-18-12-16(22)9-8-15(18)4-3-5-19(20)29-21/h7-12,14,19H,2-6,13,15H2,1H3,(H,26,27);8-9,12,14,17H,3-7,10-11,13H2,1-2H3,(H,23,24)(H,25,26). The molecule has 332 valence electrons. The fraction of sp³-hybridized carbons (Fsp3) is 0.467. The van der Waals surface area contributed by atoms with Gasteiger partial charge in [0, 0.05) is 72.6 Å². The zero-order chi connectivity index (χ0) is 43.4. The van der Waals surface area contributed by atoms with Crippen molar-refractivity contribution in [3.8, 4) is 22.5 Å². The van der Waals surface area contributed by atoms with Crippen LogP contribution in [0.3, 0.4) is 0 Å². The molecule has 3 aromatic carbocycles. The van der Waals surface area contributed by atoms with Gasteiger partial charge in [0.25, 0.3) is 7.52 Å². The number of halogens is 2. The number of benzene rings is 3. The first-order chi connectivity index (χ1) is 29.9. The van der Waals surface area contributed by atoms with Crippen molar-refractivity contribution in [2.45, 2.75) is 94.0 Å². The second-order valence-corrected chi connectivity index (χ2v) is 23.0. The molecule has 3 aliphatic carbocycles. The summed E-state index contributed by atoms with van der Waals surface area (Å²) in [6, 6.07) is 16.9. The molecule has 0 spiro atoms. The van der Waals surface area contributed by atoms with E-state index in [9.17, 15) is 21.8 Å². The Morgan fingerprint density at radius 1 is 0.790 bits per heavy atom. The molecule has 4 aliphatic rings. The van der Waals surface area contributed by atoms with Gasteiger partial charge < -0.3 is 19.9 Å². The van der Waals surface area contributed by atoms with Crippen molar-refractivity contribution in [3.05, 3.63) is 93.2 Å². The Balaban J connectivity index is 0.000000172. The monoisotopic (exact) mass is 924 g/mol. The smallest absolute Gasteiger partial charge is 0.266 e. The highest BCUT2D eigenvalue weighted by atomic mass is 32.2. The summed E-state index contributed by atoms with van der Waals surface area (Å²) in [5.41, 5.74) is 6.68. The van der Waals surface area contributed by atoms with Gasteiger partial charge in [-0.05, 0) is 143 Å². The third kappa shape index (κ3) is 10.5. The molecule has 17 heteroatoms. The molecule has 0 radical (unpaired) electrons. The number of aromatic nitrogens is 2. The van der Waals surface area contributed by atoms with Gasteiger partial charge in [0.2, 0.25) is 10.0 Å². The second-order valence-electron chi connectivity index (χ2n) is 16.7. The Kier molecular flexibility index (Phi) is 14.3. The maximum absolute atomic E-state index is 13.9. The minimum Gasteiger partial charge on any atom is -0.383 e. The maximum atomic E-state index is 13.9. The molecule has 1 saturated carbocycles. The van der Waals surface area contributed by atoms with Crippen LogP contribution in [0.5, 0.6) is 0 Å². The van der Waals surface area contributed by atoms with Gasteiger partial charge in [0.05, 0.1) is 22.9 Å². The van der Waals surface area contributed by atoms with Crippen LogP contribution < -0.4 is 15.7 Å². The predicted molar refractivity (Wildman–Crippen MR) is 245 cm³/mol. The van der Waals surface area contributed by atoms with Crippen LogP contribution in [0.1, 0.15) is 72.2 Å². The van der Waals surface area contributed by atoms with E-state index in [0.717, 1.165) is 127 Å². The van der Waals surface area contributed by atoms with Gasteiger partial charge in [-0.2, -0.15) is 4.31 Å². The number of ether oxygens (including phenoxy) is 1. The van der Waals surface area contributed by atoms with Crippen molar-refractivity contribution in [2.24, 2.45) is 5.92 Å². The molecule has 2 fully saturated rings. The lowest BCUT2D eigenvalue weighted by molar-refractivity contribution is 0.149. The molecule has 0 amide bonds. The average Bonchev–Trinajstić information content (AvgIpc) is 3.96. The molecule has 2 atom stereocenters. The van der Waals surface area contributed by atoms with Crippen LogP contribution in [0.4, 0.5) is 24.7 Å². The van der Waals surface area contributed by atoms with Crippen molar-refractivity contribution in [1.29, 1.82) is 0 Å². The lowest BCUT2D eigenvalue weighted by atomic mass is 9.86. The second kappa shape index (κ2) is 19.6. The number of anilines is 3. The molecule has 1 aliphatic heterocycles. The van der Waals surface area contributed by atoms with E-state index in [1.807, 2.05) is 12.1 Å². The largest absolute Gasteiger partial charge is 0.383 e. The summed E-state index contributed by atoms with van der Waals surface area (Å²) in [6.45, 7) is 3.45. The molecule has 3 N–H and O–H groups in total. The first-order valence-electron chi connectivity index (χ1n) is 21.5. The molecule has 1 saturated heterocycles. The van der Waals surface area contributed by atoms with E-state index in [1.54, 1.807) is 83.2 Å². The van der Waals surface area contributed by atoms with Gasteiger partial charge in [-0.1, -0.05) is 12.1 Å². The fourth-order valence-corrected chi connectivity index (χ4v) is 13.8. The van der Waals surface area contributed by atoms with Crippen LogP contribution in [-0.4, -0.2) is 75.4 Å². The van der Waals surface area contributed by atoms with Crippen molar-refractivity contribution >= 4 is 56.2 Å². The summed E-state index contributed by atoms with van der Waals surface area (Å²) >= 11 is 3.27. The summed E-state index contributed by atoms with van der Waals surface area (Å²) in [4.78, 5) is 12.2. The number of fused-ring (bicyclic) bond motifs is 6. The Morgan fingerprint density at radius 3 is 1.98 bits per heavy atom. The summed E-state index contributed by atoms with van der Waals surface area (Å²) in [5.74, 6) is 0.126. The first kappa shape index (κ1) is 45.0. The number of nitrogens with zero attached hydrogens (tertiary/aromatic N) is 3. The van der Waals surface area contributed by atoms with Gasteiger partial charge in [-0.25, -0.2) is 32.3 Å². The number of hydrogen-bond acceptors (Lipinski definition) is 11. The molecule has 2 unspecified atom stereocenters. The Bertz CT molecular complexity index is 2510. The topological polar surface area (TPSA) is 135 Å². The van der Waals surface area contributed by atoms with Crippen molar-refractivity contribution < 1.29 is 31.0 Å². The van der Waals surface area contributed by atoms with Crippen LogP contribution in [-0.2, 0) is 49.5 Å². The normalized spacial score (nSPS) is 20.9. The van der Waals surface area contributed by atoms with Gasteiger partial charge in [0.15, 0.2) is 10.3 Å². The number of aryl methyl sites for hydroxylation is 4. The Hall–Kier alpha value is -3.60. The number of rotatable bonds is 12. The van der Waals surface area contributed by atoms with Crippen LogP contribution in [0.15, 0.2) is 65.6 Å². The zero-order valence-electron chi connectivity index (χ0n) is 35.4. The van der Waals surface area contributed by atoms with Gasteiger partial charge >= 0.3 is 0 Å². The third-order valence-corrected chi connectivity index (χ3v) is 17.9. The molecule has 2 aromatic heterocycles. The van der Waals surface area contributed by atoms with Gasteiger partial charge in [-0.3, -0.25) is 4.57 Å². The van der Waals surface area contributed by atoms with E-state index in [0.29, 0.717) is 24.2 Å². The minimum absolute atomic E-state index is 0.115. The van der Waals surface area contributed by atoms with Crippen molar-refractivity contribution in [2.75, 3.05) is 51.2 Å². The Morgan fingerprint density at radius 2 is 1.39 bits per heavy atom. The molecular weight excluding hydrogens is 870 g/mol. The van der Waals surface area contributed by atoms with Crippen molar-refractivity contribution in [3.63, 3.8) is 0 Å². The maximum Gasteiger partial charge on any atom is 0.266 e. The van der Waals surface area contributed by atoms with Crippen LogP contribution in [0, 0.1) is 17.6 Å². The summed E-state index contributed by atoms with van der Waals surface area (Å²) in [7, 11) is -3.14. The first-order valence-corrected chi connectivity index (χ1v) is 26.6. The van der Waals surface area contributed by atoms with Gasteiger partial charge in [0.1, 0.15) is 11.6 Å². The highest BCUT2D eigenvalue weighted by Crippen LogP contribution is 2.42. The molecule has 11 nitrogen and oxygen atoms in total. The van der Waals surface area contributed by atoms with E-state index < -0.39 is 17.5 Å². The van der Waals surface area contributed by atoms with Crippen LogP contribution in [0.25, 0.3) is 22.5 Å². The van der Waals surface area contributed by atoms with E-state index in [2.05, 4.69) is 15.7 Å². The zero-order valence-corrected chi connectivity index (χ0v) is 38.8. The quantitative estimate of drug-likeness (QED) is 0.104. The molecule has 5 aromatic rings. The van der Waals surface area contributed by atoms with E-state index in [4.69, 9.17) is 19.2 Å². The number of sulfonamides is 1. The summed E-state index contributed by atoms with van der Waals surface area (Å²) in [6.07, 6.45) is 11.7.